The molecular formula is C23H31N7O3. The van der Waals surface area contributed by atoms with E-state index in [9.17, 15) is 14.4 Å². The number of nitrogens with zero attached hydrogens (tertiary/aromatic N) is 6. The number of piperazine rings is 1. The summed E-state index contributed by atoms with van der Waals surface area (Å²) in [7, 11) is 3.22. The third-order valence-corrected chi connectivity index (χ3v) is 6.33. The second-order valence-corrected chi connectivity index (χ2v) is 8.56. The Morgan fingerprint density at radius 3 is 2.30 bits per heavy atom. The summed E-state index contributed by atoms with van der Waals surface area (Å²) in [4.78, 5) is 46.8. The molecule has 1 aliphatic rings. The number of fused-ring (bicyclic) bond motifs is 1. The Morgan fingerprint density at radius 1 is 1.00 bits per heavy atom. The number of aryl methyl sites for hydroxylation is 2. The van der Waals surface area contributed by atoms with E-state index in [1.54, 1.807) is 11.6 Å². The van der Waals surface area contributed by atoms with E-state index in [0.717, 1.165) is 49.4 Å². The fourth-order valence-electron chi connectivity index (χ4n) is 4.22. The van der Waals surface area contributed by atoms with Crippen molar-refractivity contribution >= 4 is 17.1 Å². The van der Waals surface area contributed by atoms with Crippen LogP contribution in [-0.2, 0) is 38.5 Å². The van der Waals surface area contributed by atoms with Crippen LogP contribution < -0.4 is 16.6 Å². The fourth-order valence-corrected chi connectivity index (χ4v) is 4.22. The molecule has 1 N–H and O–H groups in total. The van der Waals surface area contributed by atoms with Gasteiger partial charge in [-0.25, -0.2) is 14.3 Å². The van der Waals surface area contributed by atoms with Gasteiger partial charge in [-0.15, -0.1) is 0 Å². The molecule has 1 amide bonds. The smallest absolute Gasteiger partial charge is 0.332 e. The van der Waals surface area contributed by atoms with Gasteiger partial charge in [-0.2, -0.15) is 0 Å². The molecule has 33 heavy (non-hydrogen) atoms. The lowest BCUT2D eigenvalue weighted by Crippen LogP contribution is -2.45. The topological polar surface area (TPSA) is 97.4 Å². The number of aromatic nitrogens is 4. The first-order valence-electron chi connectivity index (χ1n) is 11.3. The average molecular weight is 454 g/mol. The van der Waals surface area contributed by atoms with Crippen molar-refractivity contribution in [1.29, 1.82) is 0 Å². The van der Waals surface area contributed by atoms with Gasteiger partial charge >= 0.3 is 5.69 Å². The molecule has 1 fully saturated rings. The summed E-state index contributed by atoms with van der Waals surface area (Å²) < 4.78 is 3.78. The van der Waals surface area contributed by atoms with Crippen LogP contribution in [0.15, 0.2) is 40.2 Å². The van der Waals surface area contributed by atoms with E-state index in [1.165, 1.54) is 23.5 Å². The fraction of sp³-hybridized carbons (Fsp3) is 0.478. The van der Waals surface area contributed by atoms with Gasteiger partial charge in [-0.1, -0.05) is 31.2 Å². The highest BCUT2D eigenvalue weighted by atomic mass is 16.2. The molecule has 3 aromatic rings. The molecule has 0 aliphatic carbocycles. The first kappa shape index (κ1) is 22.9. The number of likely N-dealkylation sites (N-methyl/N-ethyl adjacent to an activating group) is 1. The molecule has 1 aromatic carbocycles. The summed E-state index contributed by atoms with van der Waals surface area (Å²) in [6.45, 7) is 8.60. The predicted octanol–water partition coefficient (Wildman–Crippen LogP) is -0.112. The maximum Gasteiger partial charge on any atom is 0.332 e. The first-order chi connectivity index (χ1) is 15.9. The minimum atomic E-state index is -0.564. The number of imidazole rings is 1. The van der Waals surface area contributed by atoms with Crippen molar-refractivity contribution < 1.29 is 4.79 Å². The summed E-state index contributed by atoms with van der Waals surface area (Å²) in [6, 6.07) is 8.18. The Balaban J connectivity index is 1.35. The average Bonchev–Trinajstić information content (AvgIpc) is 3.22. The summed E-state index contributed by atoms with van der Waals surface area (Å²) >= 11 is 0. The molecular weight excluding hydrogens is 422 g/mol. The summed E-state index contributed by atoms with van der Waals surface area (Å²) in [5, 5.41) is 2.80. The van der Waals surface area contributed by atoms with Crippen molar-refractivity contribution in [2.24, 2.45) is 14.1 Å². The molecule has 2 aromatic heterocycles. The van der Waals surface area contributed by atoms with E-state index in [4.69, 9.17) is 0 Å². The monoisotopic (exact) mass is 453 g/mol. The molecule has 176 valence electrons. The van der Waals surface area contributed by atoms with Crippen LogP contribution in [0.25, 0.3) is 11.2 Å². The number of nitrogens with one attached hydrogen (secondary N) is 1. The molecule has 3 heterocycles. The summed E-state index contributed by atoms with van der Waals surface area (Å²) in [5.74, 6) is -0.395. The molecule has 0 atom stereocenters. The molecule has 1 aliphatic heterocycles. The van der Waals surface area contributed by atoms with Gasteiger partial charge in [0, 0.05) is 53.4 Å². The van der Waals surface area contributed by atoms with Crippen LogP contribution >= 0.6 is 0 Å². The number of carbonyl (C=O) groups excluding carboxylic acids is 1. The van der Waals surface area contributed by atoms with E-state index >= 15 is 0 Å². The van der Waals surface area contributed by atoms with Crippen LogP contribution in [-0.4, -0.2) is 67.1 Å². The molecule has 0 bridgehead atoms. The number of carbonyl (C=O) groups is 1. The second kappa shape index (κ2) is 9.72. The van der Waals surface area contributed by atoms with Crippen LogP contribution in [0.4, 0.5) is 0 Å². The van der Waals surface area contributed by atoms with Crippen molar-refractivity contribution in [2.75, 3.05) is 32.7 Å². The van der Waals surface area contributed by atoms with Gasteiger partial charge in [0.15, 0.2) is 11.2 Å². The molecule has 4 rings (SSSR count). The normalized spacial score (nSPS) is 15.2. The lowest BCUT2D eigenvalue weighted by molar-refractivity contribution is -0.121. The van der Waals surface area contributed by atoms with Crippen LogP contribution in [0, 0.1) is 0 Å². The third-order valence-electron chi connectivity index (χ3n) is 6.33. The molecule has 0 spiro atoms. The largest absolute Gasteiger partial charge is 0.350 e. The molecule has 0 saturated carbocycles. The zero-order chi connectivity index (χ0) is 23.5. The maximum absolute atomic E-state index is 12.7. The molecule has 0 radical (unpaired) electrons. The molecule has 10 heteroatoms. The lowest BCUT2D eigenvalue weighted by atomic mass is 10.1. The number of hydrogen-bond acceptors (Lipinski definition) is 6. The van der Waals surface area contributed by atoms with Gasteiger partial charge < -0.3 is 14.8 Å². The zero-order valence-electron chi connectivity index (χ0n) is 19.5. The van der Waals surface area contributed by atoms with Gasteiger partial charge in [0.05, 0.1) is 6.33 Å². The number of rotatable bonds is 7. The van der Waals surface area contributed by atoms with Crippen molar-refractivity contribution in [2.45, 2.75) is 26.6 Å². The van der Waals surface area contributed by atoms with Gasteiger partial charge in [0.2, 0.25) is 5.91 Å². The Hall–Kier alpha value is -3.24. The van der Waals surface area contributed by atoms with Gasteiger partial charge in [-0.3, -0.25) is 19.1 Å². The van der Waals surface area contributed by atoms with Crippen LogP contribution in [0.3, 0.4) is 0 Å². The van der Waals surface area contributed by atoms with Crippen molar-refractivity contribution in [3.8, 4) is 0 Å². The van der Waals surface area contributed by atoms with Crippen LogP contribution in [0.2, 0.25) is 0 Å². The van der Waals surface area contributed by atoms with Crippen molar-refractivity contribution in [3.05, 3.63) is 62.6 Å². The number of hydrogen-bond donors (Lipinski definition) is 1. The zero-order valence-corrected chi connectivity index (χ0v) is 19.5. The Morgan fingerprint density at radius 2 is 1.64 bits per heavy atom. The van der Waals surface area contributed by atoms with E-state index < -0.39 is 17.2 Å². The number of amides is 1. The highest BCUT2D eigenvalue weighted by Crippen LogP contribution is 2.10. The molecule has 1 saturated heterocycles. The summed E-state index contributed by atoms with van der Waals surface area (Å²) in [5.41, 5.74) is 1.71. The Labute approximate surface area is 192 Å². The maximum atomic E-state index is 12.7. The van der Waals surface area contributed by atoms with Gasteiger partial charge in [-0.05, 0) is 17.7 Å². The van der Waals surface area contributed by atoms with Gasteiger partial charge in [0.25, 0.3) is 5.56 Å². The van der Waals surface area contributed by atoms with Gasteiger partial charge in [0.1, 0.15) is 6.54 Å². The van der Waals surface area contributed by atoms with Crippen LogP contribution in [0.1, 0.15) is 18.1 Å². The Bertz CT molecular complexity index is 1250. The minimum absolute atomic E-state index is 0.289. The van der Waals surface area contributed by atoms with E-state index in [1.807, 2.05) is 12.1 Å². The Kier molecular flexibility index (Phi) is 6.75. The van der Waals surface area contributed by atoms with E-state index in [-0.39, 0.29) is 12.1 Å². The molecule has 0 unspecified atom stereocenters. The highest BCUT2D eigenvalue weighted by molar-refractivity contribution is 5.76. The third kappa shape index (κ3) is 4.91. The van der Waals surface area contributed by atoms with E-state index in [0.29, 0.717) is 12.2 Å². The highest BCUT2D eigenvalue weighted by Gasteiger charge is 2.17. The first-order valence-corrected chi connectivity index (χ1v) is 11.3. The number of benzene rings is 1. The second-order valence-electron chi connectivity index (χ2n) is 8.56. The predicted molar refractivity (Wildman–Crippen MR) is 126 cm³/mol. The van der Waals surface area contributed by atoms with E-state index in [2.05, 4.69) is 39.2 Å². The van der Waals surface area contributed by atoms with Crippen LogP contribution in [0.5, 0.6) is 0 Å². The van der Waals surface area contributed by atoms with Crippen molar-refractivity contribution in [3.63, 3.8) is 0 Å². The standard InChI is InChI=1S/C23H31N7O3/c1-4-28-9-11-29(12-10-28)14-18-7-5-17(6-8-18)13-24-19(31)15-30-22(32)20-21(25-16-26(20)2)27(3)23(30)33/h5-8,16H,4,9-15H2,1-3H3,(H,24,31). The lowest BCUT2D eigenvalue weighted by Gasteiger charge is -2.34. The molecule has 10 nitrogen and oxygen atoms in total. The van der Waals surface area contributed by atoms with Crippen molar-refractivity contribution in [1.82, 2.24) is 33.8 Å². The summed E-state index contributed by atoms with van der Waals surface area (Å²) in [6.07, 6.45) is 1.48. The SMILES string of the molecule is CCN1CCN(Cc2ccc(CNC(=O)Cn3c(=O)c4c(ncn4C)n(C)c3=O)cc2)CC1. The quantitative estimate of drug-likeness (QED) is 0.536. The minimum Gasteiger partial charge on any atom is -0.350 e.